The summed E-state index contributed by atoms with van der Waals surface area (Å²) in [6, 6.07) is 1.54. The largest absolute Gasteiger partial charge is 0.397 e. The summed E-state index contributed by atoms with van der Waals surface area (Å²) in [5.74, 6) is 0.150. The fourth-order valence-electron chi connectivity index (χ4n) is 2.24. The minimum atomic E-state index is -0.244. The number of pyridine rings is 1. The van der Waals surface area contributed by atoms with E-state index in [1.54, 1.807) is 18.5 Å². The van der Waals surface area contributed by atoms with Crippen LogP contribution in [0, 0.1) is 0 Å². The molecule has 1 aromatic heterocycles. The van der Waals surface area contributed by atoms with Gasteiger partial charge in [-0.3, -0.25) is 9.78 Å². The third-order valence-corrected chi connectivity index (χ3v) is 3.18. The van der Waals surface area contributed by atoms with Gasteiger partial charge in [-0.05, 0) is 32.3 Å². The van der Waals surface area contributed by atoms with Crippen LogP contribution in [0.15, 0.2) is 18.5 Å². The van der Waals surface area contributed by atoms with Crippen LogP contribution in [0.4, 0.5) is 11.4 Å². The lowest BCUT2D eigenvalue weighted by atomic mass is 10.1. The molecule has 1 unspecified atom stereocenters. The summed E-state index contributed by atoms with van der Waals surface area (Å²) < 4.78 is 0. The molecule has 1 aliphatic rings. The van der Waals surface area contributed by atoms with Gasteiger partial charge >= 0.3 is 0 Å². The van der Waals surface area contributed by atoms with E-state index in [1.165, 1.54) is 6.42 Å². The summed E-state index contributed by atoms with van der Waals surface area (Å²) in [6.45, 7) is 3.63. The maximum atomic E-state index is 12.2. The highest BCUT2D eigenvalue weighted by molar-refractivity contribution is 5.84. The van der Waals surface area contributed by atoms with Crippen LogP contribution in [0.25, 0.3) is 0 Å². The highest BCUT2D eigenvalue weighted by Crippen LogP contribution is 2.14. The lowest BCUT2D eigenvalue weighted by Crippen LogP contribution is -2.43. The Morgan fingerprint density at radius 1 is 1.39 bits per heavy atom. The number of anilines is 2. The first kappa shape index (κ1) is 12.7. The maximum Gasteiger partial charge on any atom is 0.244 e. The van der Waals surface area contributed by atoms with E-state index in [4.69, 9.17) is 5.73 Å². The number of nitrogens with zero attached hydrogens (tertiary/aromatic N) is 2. The number of hydrogen-bond acceptors (Lipinski definition) is 4. The number of carbonyl (C=O) groups excluding carboxylic acids is 1. The van der Waals surface area contributed by atoms with Crippen molar-refractivity contribution in [1.29, 1.82) is 0 Å². The number of piperidine rings is 1. The Balaban J connectivity index is 1.94. The summed E-state index contributed by atoms with van der Waals surface area (Å²) in [7, 11) is 0. The van der Waals surface area contributed by atoms with Gasteiger partial charge in [0, 0.05) is 19.3 Å². The van der Waals surface area contributed by atoms with Gasteiger partial charge in [0.25, 0.3) is 0 Å². The zero-order valence-corrected chi connectivity index (χ0v) is 10.7. The van der Waals surface area contributed by atoms with Gasteiger partial charge in [-0.1, -0.05) is 0 Å². The van der Waals surface area contributed by atoms with Gasteiger partial charge in [-0.2, -0.15) is 0 Å². The van der Waals surface area contributed by atoms with Crippen molar-refractivity contribution in [2.75, 3.05) is 24.1 Å². The lowest BCUT2D eigenvalue weighted by molar-refractivity contribution is -0.132. The van der Waals surface area contributed by atoms with Crippen LogP contribution in [0.2, 0.25) is 0 Å². The van der Waals surface area contributed by atoms with E-state index in [0.717, 1.165) is 31.6 Å². The van der Waals surface area contributed by atoms with E-state index >= 15 is 0 Å². The van der Waals surface area contributed by atoms with Crippen molar-refractivity contribution in [2.24, 2.45) is 0 Å². The normalized spacial score (nSPS) is 17.3. The number of carbonyl (C=O) groups is 1. The van der Waals surface area contributed by atoms with E-state index in [1.807, 2.05) is 11.8 Å². The molecule has 0 saturated carbocycles. The van der Waals surface area contributed by atoms with Gasteiger partial charge in [0.15, 0.2) is 0 Å². The quantitative estimate of drug-likeness (QED) is 0.850. The molecule has 1 atom stereocenters. The molecule has 0 radical (unpaired) electrons. The standard InChI is InChI=1S/C13H20N4O/c1-10(13(18)17-5-3-2-4-6-17)16-12-7-11(14)8-15-9-12/h7-10,16H,2-6,14H2,1H3. The van der Waals surface area contributed by atoms with Gasteiger partial charge in [-0.25, -0.2) is 0 Å². The van der Waals surface area contributed by atoms with Crippen molar-refractivity contribution >= 4 is 17.3 Å². The van der Waals surface area contributed by atoms with Crippen LogP contribution in [-0.2, 0) is 4.79 Å². The van der Waals surface area contributed by atoms with Gasteiger partial charge in [0.05, 0.1) is 17.6 Å². The molecule has 0 aliphatic carbocycles. The molecule has 1 aromatic rings. The van der Waals surface area contributed by atoms with Crippen molar-refractivity contribution < 1.29 is 4.79 Å². The molecule has 2 heterocycles. The summed E-state index contributed by atoms with van der Waals surface area (Å²) in [5, 5.41) is 3.15. The molecule has 0 bridgehead atoms. The Bertz CT molecular complexity index is 415. The first-order chi connectivity index (χ1) is 8.66. The maximum absolute atomic E-state index is 12.2. The number of amides is 1. The smallest absolute Gasteiger partial charge is 0.244 e. The van der Waals surface area contributed by atoms with Crippen molar-refractivity contribution in [3.8, 4) is 0 Å². The summed E-state index contributed by atoms with van der Waals surface area (Å²) in [4.78, 5) is 18.1. The average molecular weight is 248 g/mol. The fourth-order valence-corrected chi connectivity index (χ4v) is 2.24. The van der Waals surface area contributed by atoms with Crippen LogP contribution in [0.5, 0.6) is 0 Å². The zero-order valence-electron chi connectivity index (χ0n) is 10.7. The van der Waals surface area contributed by atoms with Crippen molar-refractivity contribution in [3.05, 3.63) is 18.5 Å². The van der Waals surface area contributed by atoms with Crippen LogP contribution >= 0.6 is 0 Å². The van der Waals surface area contributed by atoms with E-state index in [0.29, 0.717) is 5.69 Å². The van der Waals surface area contributed by atoms with E-state index in [9.17, 15) is 4.79 Å². The third kappa shape index (κ3) is 3.12. The van der Waals surface area contributed by atoms with Gasteiger partial charge in [-0.15, -0.1) is 0 Å². The van der Waals surface area contributed by atoms with Gasteiger partial charge < -0.3 is 16.0 Å². The Morgan fingerprint density at radius 3 is 2.78 bits per heavy atom. The number of aromatic nitrogens is 1. The molecule has 1 fully saturated rings. The minimum Gasteiger partial charge on any atom is -0.397 e. The third-order valence-electron chi connectivity index (χ3n) is 3.18. The second-order valence-electron chi connectivity index (χ2n) is 4.76. The van der Waals surface area contributed by atoms with Crippen molar-refractivity contribution in [2.45, 2.75) is 32.2 Å². The highest BCUT2D eigenvalue weighted by Gasteiger charge is 2.21. The van der Waals surface area contributed by atoms with Gasteiger partial charge in [0.1, 0.15) is 6.04 Å². The highest BCUT2D eigenvalue weighted by atomic mass is 16.2. The minimum absolute atomic E-state index is 0.150. The van der Waals surface area contributed by atoms with Crippen LogP contribution < -0.4 is 11.1 Å². The number of rotatable bonds is 3. The summed E-state index contributed by atoms with van der Waals surface area (Å²) in [5.41, 5.74) is 7.04. The first-order valence-corrected chi connectivity index (χ1v) is 6.42. The Morgan fingerprint density at radius 2 is 2.11 bits per heavy atom. The SMILES string of the molecule is CC(Nc1cncc(N)c1)C(=O)N1CCCCC1. The molecule has 18 heavy (non-hydrogen) atoms. The van der Waals surface area contributed by atoms with E-state index in [2.05, 4.69) is 10.3 Å². The molecule has 2 rings (SSSR count). The fraction of sp³-hybridized carbons (Fsp3) is 0.538. The predicted molar refractivity (Wildman–Crippen MR) is 72.2 cm³/mol. The monoisotopic (exact) mass is 248 g/mol. The number of nitrogens with one attached hydrogen (secondary N) is 1. The van der Waals surface area contributed by atoms with Gasteiger partial charge in [0.2, 0.25) is 5.91 Å². The molecule has 1 aliphatic heterocycles. The van der Waals surface area contributed by atoms with Crippen molar-refractivity contribution in [3.63, 3.8) is 0 Å². The molecule has 0 spiro atoms. The first-order valence-electron chi connectivity index (χ1n) is 6.42. The molecule has 5 nitrogen and oxygen atoms in total. The molecule has 3 N–H and O–H groups in total. The van der Waals surface area contributed by atoms with Crippen LogP contribution in [0.3, 0.4) is 0 Å². The van der Waals surface area contributed by atoms with Crippen molar-refractivity contribution in [1.82, 2.24) is 9.88 Å². The Labute approximate surface area is 107 Å². The van der Waals surface area contributed by atoms with E-state index in [-0.39, 0.29) is 11.9 Å². The molecule has 5 heteroatoms. The lowest BCUT2D eigenvalue weighted by Gasteiger charge is -2.29. The number of nitrogen functional groups attached to an aromatic ring is 1. The predicted octanol–water partition coefficient (Wildman–Crippen LogP) is 1.48. The van der Waals surface area contributed by atoms with Crippen LogP contribution in [-0.4, -0.2) is 34.9 Å². The second-order valence-corrected chi connectivity index (χ2v) is 4.76. The molecule has 1 amide bonds. The molecular weight excluding hydrogens is 228 g/mol. The average Bonchev–Trinajstić information content (AvgIpc) is 2.39. The van der Waals surface area contributed by atoms with Crippen LogP contribution in [0.1, 0.15) is 26.2 Å². The molecule has 1 saturated heterocycles. The number of hydrogen-bond donors (Lipinski definition) is 2. The number of likely N-dealkylation sites (tertiary alicyclic amines) is 1. The number of nitrogens with two attached hydrogens (primary N) is 1. The zero-order chi connectivity index (χ0) is 13.0. The summed E-state index contributed by atoms with van der Waals surface area (Å²) >= 11 is 0. The Hall–Kier alpha value is -1.78. The molecule has 0 aromatic carbocycles. The summed E-state index contributed by atoms with van der Waals surface area (Å²) in [6.07, 6.45) is 6.71. The molecular formula is C13H20N4O. The molecule has 98 valence electrons. The Kier molecular flexibility index (Phi) is 4.02. The van der Waals surface area contributed by atoms with E-state index < -0.39 is 0 Å². The second kappa shape index (κ2) is 5.71. The topological polar surface area (TPSA) is 71.2 Å².